The normalized spacial score (nSPS) is 31.7. The van der Waals surface area contributed by atoms with Crippen LogP contribution in [0.4, 0.5) is 0 Å². The number of hydrogen-bond donors (Lipinski definition) is 0. The van der Waals surface area contributed by atoms with Crippen LogP contribution in [0, 0.1) is 22.7 Å². The summed E-state index contributed by atoms with van der Waals surface area (Å²) in [6.07, 6.45) is 3.30. The second-order valence-electron chi connectivity index (χ2n) is 5.80. The first kappa shape index (κ1) is 13.4. The summed E-state index contributed by atoms with van der Waals surface area (Å²) in [7, 11) is 0. The average Bonchev–Trinajstić information content (AvgIpc) is 2.41. The molecule has 100 valence electrons. The van der Waals surface area contributed by atoms with E-state index >= 15 is 0 Å². The van der Waals surface area contributed by atoms with Gasteiger partial charge in [-0.3, -0.25) is 4.79 Å². The number of nitrogens with zero attached hydrogens (tertiary/aromatic N) is 2. The van der Waals surface area contributed by atoms with E-state index in [1.54, 1.807) is 0 Å². The van der Waals surface area contributed by atoms with Crippen LogP contribution < -0.4 is 0 Å². The molecule has 1 amide bonds. The van der Waals surface area contributed by atoms with Gasteiger partial charge in [0.05, 0.1) is 6.07 Å². The van der Waals surface area contributed by atoms with Gasteiger partial charge >= 0.3 is 0 Å². The molecule has 0 bridgehead atoms. The first-order chi connectivity index (χ1) is 8.59. The quantitative estimate of drug-likeness (QED) is 0.714. The highest BCUT2D eigenvalue weighted by molar-refractivity contribution is 5.86. The minimum atomic E-state index is -0.830. The Hall–Kier alpha value is -1.08. The first-order valence-electron chi connectivity index (χ1n) is 6.89. The summed E-state index contributed by atoms with van der Waals surface area (Å²) >= 11 is 0. The van der Waals surface area contributed by atoms with Gasteiger partial charge in [-0.2, -0.15) is 5.26 Å². The van der Waals surface area contributed by atoms with Gasteiger partial charge in [-0.25, -0.2) is 0 Å². The summed E-state index contributed by atoms with van der Waals surface area (Å²) < 4.78 is 5.29. The van der Waals surface area contributed by atoms with Crippen molar-refractivity contribution in [2.75, 3.05) is 19.8 Å². The lowest BCUT2D eigenvalue weighted by Crippen LogP contribution is -2.52. The second kappa shape index (κ2) is 5.27. The van der Waals surface area contributed by atoms with Crippen molar-refractivity contribution in [3.8, 4) is 6.07 Å². The molecule has 0 aliphatic carbocycles. The second-order valence-corrected chi connectivity index (χ2v) is 5.80. The minimum absolute atomic E-state index is 0.0346. The zero-order chi connectivity index (χ0) is 13.2. The van der Waals surface area contributed by atoms with Gasteiger partial charge in [-0.15, -0.1) is 0 Å². The Kier molecular flexibility index (Phi) is 3.91. The third kappa shape index (κ3) is 2.37. The Bertz CT molecular complexity index is 355. The molecule has 0 saturated carbocycles. The van der Waals surface area contributed by atoms with Crippen molar-refractivity contribution in [3.63, 3.8) is 0 Å². The fourth-order valence-electron chi connectivity index (χ4n) is 2.94. The van der Waals surface area contributed by atoms with Crippen LogP contribution in [0.2, 0.25) is 0 Å². The molecule has 2 aliphatic rings. The van der Waals surface area contributed by atoms with Gasteiger partial charge in [-0.05, 0) is 38.5 Å². The highest BCUT2D eigenvalue weighted by Gasteiger charge is 2.45. The highest BCUT2D eigenvalue weighted by Crippen LogP contribution is 2.34. The van der Waals surface area contributed by atoms with Gasteiger partial charge in [0.2, 0.25) is 5.91 Å². The van der Waals surface area contributed by atoms with E-state index in [1.807, 2.05) is 4.90 Å². The Balaban J connectivity index is 2.15. The molecular formula is C14H22N2O2. The molecule has 0 aromatic rings. The van der Waals surface area contributed by atoms with E-state index in [1.165, 1.54) is 6.42 Å². The molecule has 2 rings (SSSR count). The van der Waals surface area contributed by atoms with Crippen molar-refractivity contribution in [3.05, 3.63) is 0 Å². The van der Waals surface area contributed by atoms with E-state index in [9.17, 15) is 10.1 Å². The maximum atomic E-state index is 12.7. The molecule has 18 heavy (non-hydrogen) atoms. The van der Waals surface area contributed by atoms with Crippen LogP contribution in [0.15, 0.2) is 0 Å². The standard InChI is InChI=1S/C14H22N2O2/c1-11-3-4-12(2)16(9-11)13(17)14(10-15)5-7-18-8-6-14/h11-12H,3-9H2,1-2H3. The van der Waals surface area contributed by atoms with Crippen molar-refractivity contribution in [2.24, 2.45) is 11.3 Å². The largest absolute Gasteiger partial charge is 0.381 e. The lowest BCUT2D eigenvalue weighted by molar-refractivity contribution is -0.147. The fraction of sp³-hybridized carbons (Fsp3) is 0.857. The monoisotopic (exact) mass is 250 g/mol. The van der Waals surface area contributed by atoms with Crippen molar-refractivity contribution in [2.45, 2.75) is 45.6 Å². The Labute approximate surface area is 109 Å². The molecule has 4 nitrogen and oxygen atoms in total. The van der Waals surface area contributed by atoms with Crippen molar-refractivity contribution in [1.29, 1.82) is 5.26 Å². The molecule has 2 atom stereocenters. The molecule has 2 saturated heterocycles. The predicted molar refractivity (Wildman–Crippen MR) is 67.7 cm³/mol. The third-order valence-electron chi connectivity index (χ3n) is 4.35. The topological polar surface area (TPSA) is 53.3 Å². The van der Waals surface area contributed by atoms with Crippen molar-refractivity contribution >= 4 is 5.91 Å². The molecule has 0 N–H and O–H groups in total. The maximum Gasteiger partial charge on any atom is 0.243 e. The summed E-state index contributed by atoms with van der Waals surface area (Å²) in [5.41, 5.74) is -0.830. The summed E-state index contributed by atoms with van der Waals surface area (Å²) in [5.74, 6) is 0.577. The molecule has 0 spiro atoms. The van der Waals surface area contributed by atoms with E-state index < -0.39 is 5.41 Å². The van der Waals surface area contributed by atoms with Crippen LogP contribution in [0.3, 0.4) is 0 Å². The Morgan fingerprint density at radius 3 is 2.61 bits per heavy atom. The maximum absolute atomic E-state index is 12.7. The van der Waals surface area contributed by atoms with Gasteiger partial charge < -0.3 is 9.64 Å². The van der Waals surface area contributed by atoms with Gasteiger partial charge in [-0.1, -0.05) is 6.92 Å². The summed E-state index contributed by atoms with van der Waals surface area (Å²) in [6, 6.07) is 2.54. The number of hydrogen-bond acceptors (Lipinski definition) is 3. The van der Waals surface area contributed by atoms with E-state index in [-0.39, 0.29) is 11.9 Å². The molecule has 2 aliphatic heterocycles. The zero-order valence-corrected chi connectivity index (χ0v) is 11.3. The number of amides is 1. The summed E-state index contributed by atoms with van der Waals surface area (Å²) in [4.78, 5) is 14.6. The number of nitriles is 1. The van der Waals surface area contributed by atoms with Crippen LogP contribution in [0.5, 0.6) is 0 Å². The van der Waals surface area contributed by atoms with Crippen molar-refractivity contribution in [1.82, 2.24) is 4.90 Å². The molecular weight excluding hydrogens is 228 g/mol. The lowest BCUT2D eigenvalue weighted by Gasteiger charge is -2.42. The Morgan fingerprint density at radius 1 is 1.33 bits per heavy atom. The number of ether oxygens (including phenoxy) is 1. The predicted octanol–water partition coefficient (Wildman–Crippen LogP) is 1.95. The SMILES string of the molecule is CC1CCC(C)N(C(=O)C2(C#N)CCOCC2)C1. The number of piperidine rings is 1. The zero-order valence-electron chi connectivity index (χ0n) is 11.3. The fourth-order valence-corrected chi connectivity index (χ4v) is 2.94. The molecule has 4 heteroatoms. The average molecular weight is 250 g/mol. The highest BCUT2D eigenvalue weighted by atomic mass is 16.5. The number of carbonyl (C=O) groups is 1. The van der Waals surface area contributed by atoms with Crippen molar-refractivity contribution < 1.29 is 9.53 Å². The minimum Gasteiger partial charge on any atom is -0.381 e. The molecule has 2 unspecified atom stereocenters. The molecule has 0 aromatic heterocycles. The van der Waals surface area contributed by atoms with E-state index in [2.05, 4.69) is 19.9 Å². The molecule has 0 aromatic carbocycles. The van der Waals surface area contributed by atoms with E-state index in [0.717, 1.165) is 13.0 Å². The van der Waals surface area contributed by atoms with Crippen LogP contribution in [-0.2, 0) is 9.53 Å². The number of rotatable bonds is 1. The van der Waals surface area contributed by atoms with Gasteiger partial charge in [0.25, 0.3) is 0 Å². The van der Waals surface area contributed by atoms with Gasteiger partial charge in [0.1, 0.15) is 5.41 Å². The van der Waals surface area contributed by atoms with Crippen LogP contribution in [-0.4, -0.2) is 36.6 Å². The first-order valence-corrected chi connectivity index (χ1v) is 6.89. The molecule has 0 radical (unpaired) electrons. The molecule has 2 heterocycles. The Morgan fingerprint density at radius 2 is 2.00 bits per heavy atom. The van der Waals surface area contributed by atoms with Crippen LogP contribution in [0.1, 0.15) is 39.5 Å². The summed E-state index contributed by atoms with van der Waals surface area (Å²) in [5, 5.41) is 9.44. The smallest absolute Gasteiger partial charge is 0.243 e. The number of likely N-dealkylation sites (tertiary alicyclic amines) is 1. The lowest BCUT2D eigenvalue weighted by atomic mass is 9.79. The third-order valence-corrected chi connectivity index (χ3v) is 4.35. The number of carbonyl (C=O) groups excluding carboxylic acids is 1. The molecule has 2 fully saturated rings. The van der Waals surface area contributed by atoms with Gasteiger partial charge in [0.15, 0.2) is 0 Å². The summed E-state index contributed by atoms with van der Waals surface area (Å²) in [6.45, 7) is 6.11. The van der Waals surface area contributed by atoms with Gasteiger partial charge in [0, 0.05) is 25.8 Å². The van der Waals surface area contributed by atoms with E-state index in [0.29, 0.717) is 32.0 Å². The van der Waals surface area contributed by atoms with Crippen LogP contribution in [0.25, 0.3) is 0 Å². The van der Waals surface area contributed by atoms with E-state index in [4.69, 9.17) is 4.74 Å². The van der Waals surface area contributed by atoms with Crippen LogP contribution >= 0.6 is 0 Å².